The molecule has 1 amide bonds. The largest absolute Gasteiger partial charge is 0.487 e. The van der Waals surface area contributed by atoms with Crippen LogP contribution in [-0.4, -0.2) is 61.7 Å². The first-order valence-corrected chi connectivity index (χ1v) is 14.9. The predicted octanol–water partition coefficient (Wildman–Crippen LogP) is 4.97. The third kappa shape index (κ3) is 7.81. The van der Waals surface area contributed by atoms with Gasteiger partial charge in [-0.1, -0.05) is 35.3 Å². The fraction of sp³-hybridized carbons (Fsp3) is 0.250. The van der Waals surface area contributed by atoms with Crippen LogP contribution in [-0.2, 0) is 25.8 Å². The topological polar surface area (TPSA) is 132 Å². The highest BCUT2D eigenvalue weighted by Gasteiger charge is 2.21. The van der Waals surface area contributed by atoms with Crippen LogP contribution >= 0.6 is 23.2 Å². The van der Waals surface area contributed by atoms with Crippen molar-refractivity contribution in [2.24, 2.45) is 0 Å². The zero-order valence-electron chi connectivity index (χ0n) is 24.8. The smallest absolute Gasteiger partial charge is 0.349 e. The van der Waals surface area contributed by atoms with Gasteiger partial charge in [-0.15, -0.1) is 5.48 Å². The number of likely N-dealkylation sites (N-methyl/N-ethyl adjacent to an activating group) is 1. The minimum Gasteiger partial charge on any atom is -0.487 e. The normalized spacial score (nSPS) is 13.3. The zero-order valence-corrected chi connectivity index (χ0v) is 26.3. The second kappa shape index (κ2) is 14.6. The Balaban J connectivity index is 1.24. The second-order valence-electron chi connectivity index (χ2n) is 10.2. The third-order valence-electron chi connectivity index (χ3n) is 7.15. The van der Waals surface area contributed by atoms with Gasteiger partial charge in [0, 0.05) is 59.8 Å². The molecule has 0 atom stereocenters. The summed E-state index contributed by atoms with van der Waals surface area (Å²) in [6.07, 6.45) is 4.23. The molecule has 0 radical (unpaired) electrons. The number of halogens is 2. The van der Waals surface area contributed by atoms with Gasteiger partial charge in [0.05, 0.1) is 23.9 Å². The summed E-state index contributed by atoms with van der Waals surface area (Å²) in [6, 6.07) is 14.5. The second-order valence-corrected chi connectivity index (χ2v) is 11.0. The lowest BCUT2D eigenvalue weighted by Gasteiger charge is -2.30. The SMILES string of the molecule is Cc1cc(N2CCOCC2)c2cccc(OCc3c(Cl)ccc(N(C)C(=O)CNOC(=O)C=Cc4ccc(N)nc4)c3Cl)c2n1. The molecule has 45 heavy (non-hydrogen) atoms. The highest BCUT2D eigenvalue weighted by Crippen LogP contribution is 2.37. The Kier molecular flexibility index (Phi) is 10.4. The van der Waals surface area contributed by atoms with Gasteiger partial charge in [0.1, 0.15) is 30.2 Å². The Labute approximate surface area is 270 Å². The molecule has 1 fully saturated rings. The third-order valence-corrected chi connectivity index (χ3v) is 7.93. The first kappa shape index (κ1) is 32.0. The highest BCUT2D eigenvalue weighted by atomic mass is 35.5. The van der Waals surface area contributed by atoms with Crippen LogP contribution in [0.1, 0.15) is 16.8 Å². The van der Waals surface area contributed by atoms with E-state index in [1.165, 1.54) is 23.2 Å². The van der Waals surface area contributed by atoms with Gasteiger partial charge in [0.2, 0.25) is 5.91 Å². The number of hydroxylamine groups is 1. The maximum absolute atomic E-state index is 12.9. The number of amides is 1. The summed E-state index contributed by atoms with van der Waals surface area (Å²) >= 11 is 13.3. The number of carbonyl (C=O) groups is 2. The van der Waals surface area contributed by atoms with E-state index in [2.05, 4.69) is 21.4 Å². The molecule has 234 valence electrons. The fourth-order valence-corrected chi connectivity index (χ4v) is 5.38. The number of ether oxygens (including phenoxy) is 2. The van der Waals surface area contributed by atoms with Gasteiger partial charge >= 0.3 is 5.97 Å². The lowest BCUT2D eigenvalue weighted by molar-refractivity contribution is -0.145. The number of fused-ring (bicyclic) bond motifs is 1. The Morgan fingerprint density at radius 1 is 1.16 bits per heavy atom. The van der Waals surface area contributed by atoms with Crippen molar-refractivity contribution < 1.29 is 23.9 Å². The Morgan fingerprint density at radius 3 is 2.71 bits per heavy atom. The number of hydrogen-bond acceptors (Lipinski definition) is 10. The number of aryl methyl sites for hydroxylation is 1. The summed E-state index contributed by atoms with van der Waals surface area (Å²) in [6.45, 7) is 4.64. The van der Waals surface area contributed by atoms with Gasteiger partial charge in [-0.25, -0.2) is 14.8 Å². The Hall–Kier alpha value is -4.42. The summed E-state index contributed by atoms with van der Waals surface area (Å²) in [5.74, 6) is -0.147. The molecule has 4 aromatic rings. The molecule has 0 aliphatic carbocycles. The van der Waals surface area contributed by atoms with Crippen LogP contribution in [0.3, 0.4) is 0 Å². The maximum Gasteiger partial charge on any atom is 0.349 e. The molecular formula is C32H32Cl2N6O5. The van der Waals surface area contributed by atoms with E-state index in [1.807, 2.05) is 25.1 Å². The van der Waals surface area contributed by atoms with E-state index in [0.717, 1.165) is 35.4 Å². The van der Waals surface area contributed by atoms with Crippen molar-refractivity contribution in [2.75, 3.05) is 55.4 Å². The molecular weight excluding hydrogens is 619 g/mol. The number of aromatic nitrogens is 2. The molecule has 3 N–H and O–H groups in total. The number of carbonyl (C=O) groups excluding carboxylic acids is 2. The number of nitrogen functional groups attached to an aromatic ring is 1. The Bertz CT molecular complexity index is 1730. The average molecular weight is 652 g/mol. The van der Waals surface area contributed by atoms with Crippen molar-refractivity contribution in [3.8, 4) is 5.75 Å². The fourth-order valence-electron chi connectivity index (χ4n) is 4.77. The minimum absolute atomic E-state index is 0.0425. The molecule has 0 saturated carbocycles. The number of nitrogens with zero attached hydrogens (tertiary/aromatic N) is 4. The van der Waals surface area contributed by atoms with Crippen LogP contribution < -0.4 is 25.8 Å². The number of pyridine rings is 2. The average Bonchev–Trinajstić information content (AvgIpc) is 3.04. The van der Waals surface area contributed by atoms with Crippen molar-refractivity contribution in [1.29, 1.82) is 0 Å². The summed E-state index contributed by atoms with van der Waals surface area (Å²) in [5.41, 5.74) is 12.2. The van der Waals surface area contributed by atoms with Gasteiger partial charge in [0.15, 0.2) is 0 Å². The number of anilines is 3. The van der Waals surface area contributed by atoms with Gasteiger partial charge in [-0.3, -0.25) is 4.79 Å². The molecule has 11 nitrogen and oxygen atoms in total. The van der Waals surface area contributed by atoms with E-state index in [4.69, 9.17) is 48.2 Å². The number of rotatable bonds is 10. The van der Waals surface area contributed by atoms with Crippen LogP contribution in [0.25, 0.3) is 17.0 Å². The van der Waals surface area contributed by atoms with Gasteiger partial charge in [0.25, 0.3) is 0 Å². The molecule has 1 aliphatic heterocycles. The van der Waals surface area contributed by atoms with Crippen LogP contribution in [0, 0.1) is 6.92 Å². The molecule has 1 saturated heterocycles. The summed E-state index contributed by atoms with van der Waals surface area (Å²) in [5, 5.41) is 1.62. The number of para-hydroxylation sites is 1. The van der Waals surface area contributed by atoms with Crippen molar-refractivity contribution in [3.63, 3.8) is 0 Å². The van der Waals surface area contributed by atoms with Gasteiger partial charge in [-0.05, 0) is 55.0 Å². The summed E-state index contributed by atoms with van der Waals surface area (Å²) in [7, 11) is 1.56. The standard InChI is InChI=1S/C32H32Cl2N6O5/c1-20-16-26(40-12-14-43-15-13-40)22-4-3-5-27(32(22)38-20)44-19-23-24(33)8-9-25(31(23)34)39(2)29(41)18-37-45-30(42)11-7-21-6-10-28(35)36-17-21/h3-11,16-17,37H,12-15,18-19H2,1-2H3,(H2,35,36). The van der Waals surface area contributed by atoms with Crippen molar-refractivity contribution >= 4 is 69.2 Å². The van der Waals surface area contributed by atoms with Crippen LogP contribution in [0.4, 0.5) is 17.2 Å². The number of hydrogen-bond donors (Lipinski definition) is 2. The molecule has 2 aromatic carbocycles. The molecule has 2 aromatic heterocycles. The zero-order chi connectivity index (χ0) is 31.9. The van der Waals surface area contributed by atoms with Crippen molar-refractivity contribution in [2.45, 2.75) is 13.5 Å². The van der Waals surface area contributed by atoms with E-state index in [9.17, 15) is 9.59 Å². The molecule has 13 heteroatoms. The van der Waals surface area contributed by atoms with E-state index >= 15 is 0 Å². The van der Waals surface area contributed by atoms with E-state index < -0.39 is 11.9 Å². The highest BCUT2D eigenvalue weighted by molar-refractivity contribution is 6.38. The molecule has 0 unspecified atom stereocenters. The summed E-state index contributed by atoms with van der Waals surface area (Å²) < 4.78 is 11.8. The first-order valence-electron chi connectivity index (χ1n) is 14.1. The first-order chi connectivity index (χ1) is 21.7. The quantitative estimate of drug-likeness (QED) is 0.179. The number of morpholine rings is 1. The van der Waals surface area contributed by atoms with Crippen LogP contribution in [0.5, 0.6) is 5.75 Å². The Morgan fingerprint density at radius 2 is 1.96 bits per heavy atom. The summed E-state index contributed by atoms with van der Waals surface area (Å²) in [4.78, 5) is 42.2. The molecule has 0 bridgehead atoms. The van der Waals surface area contributed by atoms with Crippen molar-refractivity contribution in [3.05, 3.63) is 87.7 Å². The van der Waals surface area contributed by atoms with E-state index in [0.29, 0.717) is 46.6 Å². The molecule has 0 spiro atoms. The number of benzene rings is 2. The lowest BCUT2D eigenvalue weighted by Crippen LogP contribution is -2.36. The van der Waals surface area contributed by atoms with Crippen LogP contribution in [0.2, 0.25) is 10.0 Å². The van der Waals surface area contributed by atoms with Gasteiger partial charge in [-0.2, -0.15) is 0 Å². The molecule has 5 rings (SSSR count). The van der Waals surface area contributed by atoms with Crippen molar-refractivity contribution in [1.82, 2.24) is 15.4 Å². The molecule has 1 aliphatic rings. The number of nitrogens with two attached hydrogens (primary N) is 1. The predicted molar refractivity (Wildman–Crippen MR) is 175 cm³/mol. The van der Waals surface area contributed by atoms with E-state index in [1.54, 1.807) is 31.3 Å². The lowest BCUT2D eigenvalue weighted by atomic mass is 10.1. The maximum atomic E-state index is 12.9. The monoisotopic (exact) mass is 650 g/mol. The molecule has 3 heterocycles. The number of nitrogens with one attached hydrogen (secondary N) is 1. The van der Waals surface area contributed by atoms with E-state index in [-0.39, 0.29) is 18.2 Å². The van der Waals surface area contributed by atoms with Gasteiger partial charge < -0.3 is 29.8 Å². The van der Waals surface area contributed by atoms with Crippen LogP contribution in [0.15, 0.2) is 60.8 Å². The minimum atomic E-state index is -0.693.